The van der Waals surface area contributed by atoms with E-state index in [1.54, 1.807) is 36.3 Å². The molecule has 0 radical (unpaired) electrons. The van der Waals surface area contributed by atoms with E-state index in [0.717, 1.165) is 11.3 Å². The van der Waals surface area contributed by atoms with Crippen LogP contribution in [0, 0.1) is 0 Å². The van der Waals surface area contributed by atoms with E-state index >= 15 is 0 Å². The standard InChI is InChI=1S/C18H20N4O3/c1-3-25-15-9-7-14(8-10-15)12-20(2)17(23)13-22-18(24)21-11-5-4-6-16(21)19-22/h4-11H,3,12-13H2,1-2H3. The van der Waals surface area contributed by atoms with Crippen molar-refractivity contribution in [1.29, 1.82) is 0 Å². The van der Waals surface area contributed by atoms with E-state index in [1.165, 1.54) is 9.08 Å². The van der Waals surface area contributed by atoms with Crippen molar-refractivity contribution in [3.63, 3.8) is 0 Å². The molecular formula is C18H20N4O3. The highest BCUT2D eigenvalue weighted by atomic mass is 16.5. The Hall–Kier alpha value is -3.09. The Morgan fingerprint density at radius 3 is 2.64 bits per heavy atom. The number of carbonyl (C=O) groups is 1. The topological polar surface area (TPSA) is 68.8 Å². The second kappa shape index (κ2) is 7.21. The average molecular weight is 340 g/mol. The van der Waals surface area contributed by atoms with Gasteiger partial charge < -0.3 is 9.64 Å². The van der Waals surface area contributed by atoms with Crippen molar-refractivity contribution in [3.8, 4) is 5.75 Å². The van der Waals surface area contributed by atoms with Crippen molar-refractivity contribution in [2.75, 3.05) is 13.7 Å². The minimum atomic E-state index is -0.321. The molecule has 0 saturated heterocycles. The van der Waals surface area contributed by atoms with Gasteiger partial charge in [0.1, 0.15) is 12.3 Å². The number of likely N-dealkylation sites (N-methyl/N-ethyl adjacent to an activating group) is 1. The Kier molecular flexibility index (Phi) is 4.83. The van der Waals surface area contributed by atoms with Crippen molar-refractivity contribution in [1.82, 2.24) is 19.1 Å². The van der Waals surface area contributed by atoms with Gasteiger partial charge in [0, 0.05) is 19.8 Å². The van der Waals surface area contributed by atoms with E-state index < -0.39 is 0 Å². The first-order chi connectivity index (χ1) is 12.1. The van der Waals surface area contributed by atoms with Gasteiger partial charge in [-0.25, -0.2) is 9.48 Å². The number of amides is 1. The number of benzene rings is 1. The molecule has 0 fully saturated rings. The van der Waals surface area contributed by atoms with Gasteiger partial charge in [0.15, 0.2) is 5.65 Å². The smallest absolute Gasteiger partial charge is 0.350 e. The Morgan fingerprint density at radius 1 is 1.20 bits per heavy atom. The molecule has 0 saturated carbocycles. The van der Waals surface area contributed by atoms with Crippen LogP contribution >= 0.6 is 0 Å². The molecular weight excluding hydrogens is 320 g/mol. The first kappa shape index (κ1) is 16.8. The fourth-order valence-corrected chi connectivity index (χ4v) is 2.54. The molecule has 25 heavy (non-hydrogen) atoms. The second-order valence-corrected chi connectivity index (χ2v) is 5.70. The van der Waals surface area contributed by atoms with Crippen LogP contribution in [0.1, 0.15) is 12.5 Å². The monoisotopic (exact) mass is 340 g/mol. The zero-order valence-electron chi connectivity index (χ0n) is 14.3. The lowest BCUT2D eigenvalue weighted by Crippen LogP contribution is -2.33. The minimum absolute atomic E-state index is 0.0892. The van der Waals surface area contributed by atoms with Crippen molar-refractivity contribution in [2.45, 2.75) is 20.0 Å². The third-order valence-electron chi connectivity index (χ3n) is 3.85. The van der Waals surface area contributed by atoms with Gasteiger partial charge in [0.05, 0.1) is 6.61 Å². The van der Waals surface area contributed by atoms with Crippen molar-refractivity contribution >= 4 is 11.6 Å². The number of aromatic nitrogens is 3. The molecule has 7 heteroatoms. The molecule has 0 unspecified atom stereocenters. The maximum absolute atomic E-state index is 12.4. The molecule has 3 aromatic rings. The number of hydrogen-bond acceptors (Lipinski definition) is 4. The quantitative estimate of drug-likeness (QED) is 0.683. The molecule has 7 nitrogen and oxygen atoms in total. The van der Waals surface area contributed by atoms with Crippen LogP contribution in [-0.2, 0) is 17.9 Å². The summed E-state index contributed by atoms with van der Waals surface area (Å²) in [5.74, 6) is 0.621. The number of ether oxygens (including phenoxy) is 1. The predicted molar refractivity (Wildman–Crippen MR) is 93.5 cm³/mol. The third-order valence-corrected chi connectivity index (χ3v) is 3.85. The van der Waals surface area contributed by atoms with E-state index in [9.17, 15) is 9.59 Å². The first-order valence-corrected chi connectivity index (χ1v) is 8.08. The van der Waals surface area contributed by atoms with Crippen LogP contribution in [0.2, 0.25) is 0 Å². The van der Waals surface area contributed by atoms with Gasteiger partial charge >= 0.3 is 5.69 Å². The number of carbonyl (C=O) groups excluding carboxylic acids is 1. The normalized spacial score (nSPS) is 10.8. The lowest BCUT2D eigenvalue weighted by Gasteiger charge is -2.17. The second-order valence-electron chi connectivity index (χ2n) is 5.70. The highest BCUT2D eigenvalue weighted by molar-refractivity contribution is 5.75. The number of nitrogens with zero attached hydrogens (tertiary/aromatic N) is 4. The largest absolute Gasteiger partial charge is 0.494 e. The van der Waals surface area contributed by atoms with Crippen molar-refractivity contribution in [2.24, 2.45) is 0 Å². The molecule has 1 amide bonds. The maximum atomic E-state index is 12.4. The summed E-state index contributed by atoms with van der Waals surface area (Å²) >= 11 is 0. The van der Waals surface area contributed by atoms with Gasteiger partial charge in [-0.2, -0.15) is 0 Å². The predicted octanol–water partition coefficient (Wildman–Crippen LogP) is 1.55. The Balaban J connectivity index is 1.67. The van der Waals surface area contributed by atoms with Gasteiger partial charge in [-0.3, -0.25) is 9.20 Å². The van der Waals surface area contributed by atoms with Crippen LogP contribution in [0.4, 0.5) is 0 Å². The lowest BCUT2D eigenvalue weighted by atomic mass is 10.2. The molecule has 0 atom stereocenters. The summed E-state index contributed by atoms with van der Waals surface area (Å²) < 4.78 is 8.01. The number of pyridine rings is 1. The van der Waals surface area contributed by atoms with Gasteiger partial charge in [0.25, 0.3) is 0 Å². The zero-order valence-corrected chi connectivity index (χ0v) is 14.3. The van der Waals surface area contributed by atoms with E-state index in [4.69, 9.17) is 4.74 Å². The Morgan fingerprint density at radius 2 is 1.96 bits per heavy atom. The molecule has 130 valence electrons. The summed E-state index contributed by atoms with van der Waals surface area (Å²) in [4.78, 5) is 26.2. The fourth-order valence-electron chi connectivity index (χ4n) is 2.54. The summed E-state index contributed by atoms with van der Waals surface area (Å²) in [6.45, 7) is 2.91. The molecule has 0 aliphatic carbocycles. The summed E-state index contributed by atoms with van der Waals surface area (Å²) in [5.41, 5.74) is 1.19. The highest BCUT2D eigenvalue weighted by Gasteiger charge is 2.14. The van der Waals surface area contributed by atoms with Gasteiger partial charge in [0.2, 0.25) is 5.91 Å². The maximum Gasteiger partial charge on any atom is 0.350 e. The minimum Gasteiger partial charge on any atom is -0.494 e. The van der Waals surface area contributed by atoms with E-state index in [-0.39, 0.29) is 18.1 Å². The summed E-state index contributed by atoms with van der Waals surface area (Å²) in [6, 6.07) is 12.9. The molecule has 0 aliphatic heterocycles. The van der Waals surface area contributed by atoms with Crippen LogP contribution < -0.4 is 10.4 Å². The van der Waals surface area contributed by atoms with Crippen LogP contribution in [0.15, 0.2) is 53.5 Å². The van der Waals surface area contributed by atoms with E-state index in [2.05, 4.69) is 5.10 Å². The Bertz CT molecular complexity index is 927. The highest BCUT2D eigenvalue weighted by Crippen LogP contribution is 2.13. The fraction of sp³-hybridized carbons (Fsp3) is 0.278. The molecule has 3 rings (SSSR count). The first-order valence-electron chi connectivity index (χ1n) is 8.08. The van der Waals surface area contributed by atoms with Gasteiger partial charge in [-0.1, -0.05) is 18.2 Å². The molecule has 0 spiro atoms. The number of fused-ring (bicyclic) bond motifs is 1. The van der Waals surface area contributed by atoms with Crippen LogP contribution in [0.25, 0.3) is 5.65 Å². The lowest BCUT2D eigenvalue weighted by molar-refractivity contribution is -0.131. The van der Waals surface area contributed by atoms with E-state index in [0.29, 0.717) is 18.8 Å². The van der Waals surface area contributed by atoms with Crippen LogP contribution in [-0.4, -0.2) is 38.6 Å². The molecule has 0 bridgehead atoms. The molecule has 2 heterocycles. The van der Waals surface area contributed by atoms with Gasteiger partial charge in [-0.15, -0.1) is 5.10 Å². The van der Waals surface area contributed by atoms with Crippen LogP contribution in [0.3, 0.4) is 0 Å². The number of rotatable bonds is 6. The van der Waals surface area contributed by atoms with Crippen LogP contribution in [0.5, 0.6) is 5.75 Å². The molecule has 2 aromatic heterocycles. The van der Waals surface area contributed by atoms with Gasteiger partial charge in [-0.05, 0) is 36.8 Å². The summed E-state index contributed by atoms with van der Waals surface area (Å²) in [7, 11) is 1.71. The molecule has 0 aliphatic rings. The van der Waals surface area contributed by atoms with Crippen molar-refractivity contribution < 1.29 is 9.53 Å². The average Bonchev–Trinajstić information content (AvgIpc) is 2.93. The zero-order chi connectivity index (χ0) is 17.8. The van der Waals surface area contributed by atoms with E-state index in [1.807, 2.05) is 31.2 Å². The summed E-state index contributed by atoms with van der Waals surface area (Å²) in [5, 5.41) is 4.18. The Labute approximate surface area is 145 Å². The SMILES string of the molecule is CCOc1ccc(CN(C)C(=O)Cn2nc3ccccn3c2=O)cc1. The third kappa shape index (κ3) is 3.71. The summed E-state index contributed by atoms with van der Waals surface area (Å²) in [6.07, 6.45) is 1.63. The molecule has 1 aromatic carbocycles. The van der Waals surface area contributed by atoms with Crippen molar-refractivity contribution in [3.05, 3.63) is 64.7 Å². The molecule has 0 N–H and O–H groups in total. The number of hydrogen-bond donors (Lipinski definition) is 0.